The lowest BCUT2D eigenvalue weighted by Gasteiger charge is -2.24. The van der Waals surface area contributed by atoms with E-state index in [0.717, 1.165) is 5.56 Å². The molecule has 7 heteroatoms. The summed E-state index contributed by atoms with van der Waals surface area (Å²) < 4.78 is -1.97. The lowest BCUT2D eigenvalue weighted by atomic mass is 9.93. The molecule has 1 unspecified atom stereocenters. The van der Waals surface area contributed by atoms with Crippen molar-refractivity contribution >= 4 is 57.8 Å². The van der Waals surface area contributed by atoms with Gasteiger partial charge in [0, 0.05) is 6.42 Å². The van der Waals surface area contributed by atoms with Crippen LogP contribution < -0.4 is 5.32 Å². The van der Waals surface area contributed by atoms with Crippen LogP contribution in [0.2, 0.25) is 0 Å². The topological polar surface area (TPSA) is 46.2 Å². The van der Waals surface area contributed by atoms with E-state index >= 15 is 0 Å². The van der Waals surface area contributed by atoms with Crippen LogP contribution in [0.3, 0.4) is 0 Å². The van der Waals surface area contributed by atoms with Gasteiger partial charge in [0.25, 0.3) is 9.70 Å². The summed E-state index contributed by atoms with van der Waals surface area (Å²) in [6, 6.07) is 1.57. The molecule has 1 aliphatic rings. The molecule has 0 saturated carbocycles. The first-order valence-electron chi connectivity index (χ1n) is 4.88. The molecular weight excluding hydrogens is 305 g/mol. The molecule has 0 fully saturated rings. The molecule has 3 nitrogen and oxygen atoms in total. The van der Waals surface area contributed by atoms with Crippen LogP contribution in [0.25, 0.3) is 0 Å². The maximum absolute atomic E-state index is 11.6. The van der Waals surface area contributed by atoms with Gasteiger partial charge in [-0.2, -0.15) is 0 Å². The molecule has 2 rings (SSSR count). The molecule has 0 saturated heterocycles. The Morgan fingerprint density at radius 1 is 1.47 bits per heavy atom. The zero-order valence-electron chi connectivity index (χ0n) is 8.50. The number of carbonyl (C=O) groups excluding carboxylic acids is 2. The van der Waals surface area contributed by atoms with Crippen LogP contribution in [-0.4, -0.2) is 15.5 Å². The Balaban J connectivity index is 2.18. The van der Waals surface area contributed by atoms with Crippen LogP contribution in [0, 0.1) is 0 Å². The fourth-order valence-electron chi connectivity index (χ4n) is 1.75. The van der Waals surface area contributed by atoms with Crippen molar-refractivity contribution in [3.8, 4) is 0 Å². The highest BCUT2D eigenvalue weighted by Crippen LogP contribution is 2.35. The highest BCUT2D eigenvalue weighted by molar-refractivity contribution is 7.12. The summed E-state index contributed by atoms with van der Waals surface area (Å²) in [4.78, 5) is 23.8. The number of amides is 1. The number of hydrogen-bond acceptors (Lipinski definition) is 3. The Morgan fingerprint density at radius 3 is 2.82 bits per heavy atom. The SMILES string of the molecule is O=C1CCC(NC(=O)C(Cl)(Cl)Cl)c2ccsc21. The van der Waals surface area contributed by atoms with E-state index in [0.29, 0.717) is 17.7 Å². The Labute approximate surface area is 117 Å². The molecule has 0 spiro atoms. The summed E-state index contributed by atoms with van der Waals surface area (Å²) in [6.07, 6.45) is 0.938. The summed E-state index contributed by atoms with van der Waals surface area (Å²) in [5.41, 5.74) is 0.814. The van der Waals surface area contributed by atoms with Crippen molar-refractivity contribution in [2.75, 3.05) is 0 Å². The van der Waals surface area contributed by atoms with E-state index in [4.69, 9.17) is 34.8 Å². The Hall–Kier alpha value is -0.290. The van der Waals surface area contributed by atoms with Crippen molar-refractivity contribution in [3.05, 3.63) is 21.9 Å². The first kappa shape index (κ1) is 13.1. The van der Waals surface area contributed by atoms with Gasteiger partial charge in [-0.25, -0.2) is 0 Å². The van der Waals surface area contributed by atoms with Crippen LogP contribution in [0.5, 0.6) is 0 Å². The average Bonchev–Trinajstić information content (AvgIpc) is 2.70. The first-order chi connectivity index (χ1) is 7.89. The van der Waals surface area contributed by atoms with Gasteiger partial charge in [-0.05, 0) is 23.4 Å². The number of nitrogens with one attached hydrogen (secondary N) is 1. The molecule has 92 valence electrons. The number of thiophene rings is 1. The molecule has 0 aliphatic heterocycles. The van der Waals surface area contributed by atoms with E-state index in [2.05, 4.69) is 5.32 Å². The molecule has 1 N–H and O–H groups in total. The van der Waals surface area contributed by atoms with E-state index in [1.165, 1.54) is 11.3 Å². The molecule has 0 radical (unpaired) electrons. The lowest BCUT2D eigenvalue weighted by Crippen LogP contribution is -2.38. The van der Waals surface area contributed by atoms with E-state index in [1.54, 1.807) is 0 Å². The summed E-state index contributed by atoms with van der Waals surface area (Å²) in [7, 11) is 0. The highest BCUT2D eigenvalue weighted by Gasteiger charge is 2.35. The van der Waals surface area contributed by atoms with E-state index in [9.17, 15) is 9.59 Å². The molecule has 1 aromatic rings. The number of Topliss-reactive ketones (excluding diaryl/α,β-unsaturated/α-hetero) is 1. The fourth-order valence-corrected chi connectivity index (χ4v) is 2.85. The van der Waals surface area contributed by atoms with Crippen molar-refractivity contribution in [2.24, 2.45) is 0 Å². The van der Waals surface area contributed by atoms with Gasteiger partial charge in [0.05, 0.1) is 10.9 Å². The zero-order valence-corrected chi connectivity index (χ0v) is 11.6. The second-order valence-electron chi connectivity index (χ2n) is 3.69. The number of ketones is 1. The third-order valence-corrected chi connectivity index (χ3v) is 4.03. The number of fused-ring (bicyclic) bond motifs is 1. The van der Waals surface area contributed by atoms with Crippen molar-refractivity contribution in [3.63, 3.8) is 0 Å². The van der Waals surface area contributed by atoms with E-state index < -0.39 is 9.70 Å². The zero-order chi connectivity index (χ0) is 12.6. The maximum atomic E-state index is 11.6. The van der Waals surface area contributed by atoms with Gasteiger partial charge in [0.2, 0.25) is 0 Å². The Bertz CT molecular complexity index is 466. The Morgan fingerprint density at radius 2 is 2.18 bits per heavy atom. The van der Waals surface area contributed by atoms with Crippen molar-refractivity contribution in [1.82, 2.24) is 5.32 Å². The van der Waals surface area contributed by atoms with Gasteiger partial charge < -0.3 is 5.32 Å². The fraction of sp³-hybridized carbons (Fsp3) is 0.400. The van der Waals surface area contributed by atoms with Gasteiger partial charge in [-0.3, -0.25) is 9.59 Å². The number of alkyl halides is 3. The first-order valence-corrected chi connectivity index (χ1v) is 6.89. The number of carbonyl (C=O) groups is 2. The molecule has 0 bridgehead atoms. The number of halogens is 3. The lowest BCUT2D eigenvalue weighted by molar-refractivity contribution is -0.121. The smallest absolute Gasteiger partial charge is 0.272 e. The monoisotopic (exact) mass is 311 g/mol. The molecule has 0 aromatic carbocycles. The van der Waals surface area contributed by atoms with Crippen LogP contribution in [0.15, 0.2) is 11.4 Å². The molecule has 1 amide bonds. The van der Waals surface area contributed by atoms with Crippen molar-refractivity contribution in [2.45, 2.75) is 22.7 Å². The molecular formula is C10H8Cl3NO2S. The summed E-state index contributed by atoms with van der Waals surface area (Å²) in [6.45, 7) is 0. The van der Waals surface area contributed by atoms with E-state index in [-0.39, 0.29) is 11.8 Å². The van der Waals surface area contributed by atoms with Crippen molar-refractivity contribution < 1.29 is 9.59 Å². The quantitative estimate of drug-likeness (QED) is 0.809. The summed E-state index contributed by atoms with van der Waals surface area (Å²) in [5.74, 6) is -0.562. The van der Waals surface area contributed by atoms with Gasteiger partial charge >= 0.3 is 0 Å². The largest absolute Gasteiger partial charge is 0.346 e. The van der Waals surface area contributed by atoms with Crippen molar-refractivity contribution in [1.29, 1.82) is 0 Å². The molecule has 1 aliphatic carbocycles. The van der Waals surface area contributed by atoms with Gasteiger partial charge in [-0.1, -0.05) is 34.8 Å². The predicted molar refractivity (Wildman–Crippen MR) is 69.1 cm³/mol. The second kappa shape index (κ2) is 4.76. The molecule has 1 aromatic heterocycles. The second-order valence-corrected chi connectivity index (χ2v) is 6.89. The number of hydrogen-bond donors (Lipinski definition) is 1. The third kappa shape index (κ3) is 2.76. The minimum absolute atomic E-state index is 0.106. The molecule has 17 heavy (non-hydrogen) atoms. The van der Waals surface area contributed by atoms with Gasteiger partial charge in [-0.15, -0.1) is 11.3 Å². The van der Waals surface area contributed by atoms with Crippen LogP contribution >= 0.6 is 46.1 Å². The molecule has 1 atom stereocenters. The maximum Gasteiger partial charge on any atom is 0.272 e. The summed E-state index contributed by atoms with van der Waals surface area (Å²) >= 11 is 17.8. The minimum atomic E-state index is -1.97. The van der Waals surface area contributed by atoms with Crippen LogP contribution in [0.4, 0.5) is 0 Å². The third-order valence-electron chi connectivity index (χ3n) is 2.55. The van der Waals surface area contributed by atoms with Gasteiger partial charge in [0.15, 0.2) is 5.78 Å². The van der Waals surface area contributed by atoms with Gasteiger partial charge in [0.1, 0.15) is 0 Å². The predicted octanol–water partition coefficient (Wildman–Crippen LogP) is 3.25. The minimum Gasteiger partial charge on any atom is -0.346 e. The molecule has 1 heterocycles. The normalized spacial score (nSPS) is 19.9. The van der Waals surface area contributed by atoms with Crippen LogP contribution in [-0.2, 0) is 4.79 Å². The standard InChI is InChI=1S/C10H8Cl3NO2S/c11-10(12,13)9(16)14-6-1-2-7(15)8-5(6)3-4-17-8/h3-4,6H,1-2H2,(H,14,16). The van der Waals surface area contributed by atoms with Crippen LogP contribution in [0.1, 0.15) is 34.1 Å². The average molecular weight is 313 g/mol. The summed E-state index contributed by atoms with van der Waals surface area (Å²) in [5, 5.41) is 4.46. The Kier molecular flexibility index (Phi) is 3.69. The highest BCUT2D eigenvalue weighted by atomic mass is 35.6. The van der Waals surface area contributed by atoms with E-state index in [1.807, 2.05) is 11.4 Å². The number of rotatable bonds is 1.